The third-order valence-electron chi connectivity index (χ3n) is 3.57. The molecule has 2 aromatic rings. The van der Waals surface area contributed by atoms with Gasteiger partial charge in [-0.3, -0.25) is 0 Å². The van der Waals surface area contributed by atoms with Gasteiger partial charge in [0.2, 0.25) is 0 Å². The van der Waals surface area contributed by atoms with E-state index in [-0.39, 0.29) is 11.8 Å². The smallest absolute Gasteiger partial charge is 0.117 e. The first-order valence-electron chi connectivity index (χ1n) is 6.07. The molecule has 0 saturated carbocycles. The Morgan fingerprint density at radius 1 is 1.12 bits per heavy atom. The number of fused-ring (bicyclic) bond motifs is 1. The molecule has 0 fully saturated rings. The van der Waals surface area contributed by atoms with Crippen LogP contribution in [-0.2, 0) is 5.66 Å². The summed E-state index contributed by atoms with van der Waals surface area (Å²) in [7, 11) is 0. The minimum absolute atomic E-state index is 0.285. The van der Waals surface area contributed by atoms with Crippen LogP contribution in [0.15, 0.2) is 24.3 Å². The molecule has 0 bridgehead atoms. The lowest BCUT2D eigenvalue weighted by atomic mass is 9.86. The van der Waals surface area contributed by atoms with E-state index in [0.29, 0.717) is 0 Å². The fourth-order valence-electron chi connectivity index (χ4n) is 2.31. The highest BCUT2D eigenvalue weighted by Gasteiger charge is 2.37. The highest BCUT2D eigenvalue weighted by molar-refractivity contribution is 5.74. The van der Waals surface area contributed by atoms with Gasteiger partial charge in [-0.2, -0.15) is 0 Å². The maximum atomic E-state index is 6.58. The SMILES string of the molecule is CC(C)C(N)(C(C)C)n1nnc2ccccc21. The average molecular weight is 232 g/mol. The second-order valence-corrected chi connectivity index (χ2v) is 5.19. The molecule has 0 spiro atoms. The summed E-state index contributed by atoms with van der Waals surface area (Å²) in [5.74, 6) is 0.570. The van der Waals surface area contributed by atoms with E-state index in [2.05, 4.69) is 38.0 Å². The summed E-state index contributed by atoms with van der Waals surface area (Å²) in [5.41, 5.74) is 7.96. The fourth-order valence-corrected chi connectivity index (χ4v) is 2.31. The molecular weight excluding hydrogens is 212 g/mol. The molecule has 4 heteroatoms. The zero-order valence-corrected chi connectivity index (χ0v) is 10.9. The molecule has 0 aliphatic rings. The van der Waals surface area contributed by atoms with E-state index >= 15 is 0 Å². The highest BCUT2D eigenvalue weighted by atomic mass is 15.5. The van der Waals surface area contributed by atoms with Crippen LogP contribution in [0, 0.1) is 11.8 Å². The molecule has 2 N–H and O–H groups in total. The normalized spacial score (nSPS) is 12.9. The van der Waals surface area contributed by atoms with Crippen molar-refractivity contribution in [3.8, 4) is 0 Å². The van der Waals surface area contributed by atoms with Crippen molar-refractivity contribution in [2.24, 2.45) is 17.6 Å². The maximum absolute atomic E-state index is 6.58. The van der Waals surface area contributed by atoms with Gasteiger partial charge in [-0.25, -0.2) is 4.68 Å². The first-order valence-corrected chi connectivity index (χ1v) is 6.07. The Balaban J connectivity index is 2.65. The van der Waals surface area contributed by atoms with Gasteiger partial charge in [-0.1, -0.05) is 45.0 Å². The fraction of sp³-hybridized carbons (Fsp3) is 0.538. The van der Waals surface area contributed by atoms with Crippen LogP contribution in [0.5, 0.6) is 0 Å². The van der Waals surface area contributed by atoms with Gasteiger partial charge < -0.3 is 5.73 Å². The second kappa shape index (κ2) is 4.11. The van der Waals surface area contributed by atoms with Crippen LogP contribution in [0.3, 0.4) is 0 Å². The van der Waals surface area contributed by atoms with Crippen LogP contribution in [0.4, 0.5) is 0 Å². The number of benzene rings is 1. The third-order valence-corrected chi connectivity index (χ3v) is 3.57. The maximum Gasteiger partial charge on any atom is 0.117 e. The molecule has 1 aromatic carbocycles. The summed E-state index contributed by atoms with van der Waals surface area (Å²) in [6.07, 6.45) is 0. The molecule has 1 aromatic heterocycles. The number of aromatic nitrogens is 3. The van der Waals surface area contributed by atoms with Crippen molar-refractivity contribution in [3.63, 3.8) is 0 Å². The standard InChI is InChI=1S/C13H20N4/c1-9(2)13(14,10(3)4)17-12-8-6-5-7-11(12)15-16-17/h5-10H,14H2,1-4H3. The van der Waals surface area contributed by atoms with Crippen molar-refractivity contribution in [2.45, 2.75) is 33.4 Å². The monoisotopic (exact) mass is 232 g/mol. The molecule has 4 nitrogen and oxygen atoms in total. The van der Waals surface area contributed by atoms with Gasteiger partial charge in [0, 0.05) is 0 Å². The molecule has 17 heavy (non-hydrogen) atoms. The van der Waals surface area contributed by atoms with E-state index in [9.17, 15) is 0 Å². The lowest BCUT2D eigenvalue weighted by Crippen LogP contribution is -2.52. The van der Waals surface area contributed by atoms with E-state index in [1.165, 1.54) is 0 Å². The van der Waals surface area contributed by atoms with E-state index in [1.54, 1.807) is 0 Å². The lowest BCUT2D eigenvalue weighted by Gasteiger charge is -2.37. The predicted molar refractivity (Wildman–Crippen MR) is 69.4 cm³/mol. The van der Waals surface area contributed by atoms with Gasteiger partial charge in [0.25, 0.3) is 0 Å². The third kappa shape index (κ3) is 1.72. The van der Waals surface area contributed by atoms with Gasteiger partial charge in [0.05, 0.1) is 5.52 Å². The van der Waals surface area contributed by atoms with E-state index in [1.807, 2.05) is 28.9 Å². The molecule has 0 aliphatic carbocycles. The number of hydrogen-bond acceptors (Lipinski definition) is 3. The number of rotatable bonds is 3. The molecular formula is C13H20N4. The number of nitrogens with zero attached hydrogens (tertiary/aromatic N) is 3. The molecule has 0 aliphatic heterocycles. The van der Waals surface area contributed by atoms with Crippen molar-refractivity contribution in [1.82, 2.24) is 15.0 Å². The van der Waals surface area contributed by atoms with Gasteiger partial charge in [0.15, 0.2) is 0 Å². The molecule has 0 radical (unpaired) electrons. The largest absolute Gasteiger partial charge is 0.307 e. The van der Waals surface area contributed by atoms with Gasteiger partial charge in [0.1, 0.15) is 11.2 Å². The second-order valence-electron chi connectivity index (χ2n) is 5.19. The molecule has 1 heterocycles. The number of nitrogens with two attached hydrogens (primary N) is 1. The Morgan fingerprint density at radius 3 is 2.29 bits per heavy atom. The van der Waals surface area contributed by atoms with Crippen LogP contribution in [0.1, 0.15) is 27.7 Å². The Bertz CT molecular complexity index is 505. The molecule has 2 rings (SSSR count). The molecule has 0 saturated heterocycles. The van der Waals surface area contributed by atoms with Crippen LogP contribution in [-0.4, -0.2) is 15.0 Å². The Labute approximate surface area is 102 Å². The molecule has 0 atom stereocenters. The topological polar surface area (TPSA) is 56.7 Å². The summed E-state index contributed by atoms with van der Waals surface area (Å²) >= 11 is 0. The van der Waals surface area contributed by atoms with Crippen molar-refractivity contribution in [3.05, 3.63) is 24.3 Å². The van der Waals surface area contributed by atoms with E-state index in [4.69, 9.17) is 5.73 Å². The summed E-state index contributed by atoms with van der Waals surface area (Å²) in [6, 6.07) is 7.93. The van der Waals surface area contributed by atoms with Gasteiger partial charge >= 0.3 is 0 Å². The Kier molecular flexibility index (Phi) is 2.91. The molecule has 0 unspecified atom stereocenters. The van der Waals surface area contributed by atoms with Crippen LogP contribution < -0.4 is 5.73 Å². The van der Waals surface area contributed by atoms with Crippen LogP contribution in [0.25, 0.3) is 11.0 Å². The van der Waals surface area contributed by atoms with Gasteiger partial charge in [-0.05, 0) is 24.0 Å². The average Bonchev–Trinajstić information content (AvgIpc) is 2.71. The zero-order valence-electron chi connectivity index (χ0n) is 10.9. The lowest BCUT2D eigenvalue weighted by molar-refractivity contribution is 0.115. The number of hydrogen-bond donors (Lipinski definition) is 1. The first-order chi connectivity index (χ1) is 7.98. The molecule has 92 valence electrons. The Hall–Kier alpha value is -1.42. The van der Waals surface area contributed by atoms with Crippen LogP contribution in [0.2, 0.25) is 0 Å². The van der Waals surface area contributed by atoms with E-state index < -0.39 is 5.66 Å². The highest BCUT2D eigenvalue weighted by Crippen LogP contribution is 2.30. The Morgan fingerprint density at radius 2 is 1.71 bits per heavy atom. The summed E-state index contributed by atoms with van der Waals surface area (Å²) in [5, 5.41) is 8.43. The van der Waals surface area contributed by atoms with E-state index in [0.717, 1.165) is 11.0 Å². The summed E-state index contributed by atoms with van der Waals surface area (Å²) < 4.78 is 1.87. The summed E-state index contributed by atoms with van der Waals surface area (Å²) in [6.45, 7) is 8.49. The first kappa shape index (κ1) is 12.0. The minimum Gasteiger partial charge on any atom is -0.307 e. The van der Waals surface area contributed by atoms with Crippen LogP contribution >= 0.6 is 0 Å². The quantitative estimate of drug-likeness (QED) is 0.883. The summed E-state index contributed by atoms with van der Waals surface area (Å²) in [4.78, 5) is 0. The van der Waals surface area contributed by atoms with Crippen molar-refractivity contribution < 1.29 is 0 Å². The van der Waals surface area contributed by atoms with Crippen molar-refractivity contribution in [1.29, 1.82) is 0 Å². The predicted octanol–water partition coefficient (Wildman–Crippen LogP) is 2.35. The number of para-hydroxylation sites is 1. The minimum atomic E-state index is -0.504. The zero-order chi connectivity index (χ0) is 12.6. The van der Waals surface area contributed by atoms with Gasteiger partial charge in [-0.15, -0.1) is 5.10 Å². The van der Waals surface area contributed by atoms with Crippen molar-refractivity contribution in [2.75, 3.05) is 0 Å². The molecule has 0 amide bonds. The van der Waals surface area contributed by atoms with Crippen molar-refractivity contribution >= 4 is 11.0 Å².